The molecule has 1 amide bonds. The van der Waals surface area contributed by atoms with E-state index >= 15 is 0 Å². The number of nitrogen functional groups attached to an aromatic ring is 1. The van der Waals surface area contributed by atoms with Crippen LogP contribution in [0.3, 0.4) is 0 Å². The van der Waals surface area contributed by atoms with Crippen molar-refractivity contribution in [3.05, 3.63) is 70.3 Å². The van der Waals surface area contributed by atoms with Crippen LogP contribution in [-0.2, 0) is 11.3 Å². The number of carbonyl (C=O) groups is 1. The average molecular weight is 371 g/mol. The molecule has 0 bridgehead atoms. The highest BCUT2D eigenvalue weighted by molar-refractivity contribution is 9.10. The van der Waals surface area contributed by atoms with E-state index in [1.54, 1.807) is 24.3 Å². The maximum Gasteiger partial charge on any atom is 0.267 e. The summed E-state index contributed by atoms with van der Waals surface area (Å²) in [5.41, 5.74) is 7.79. The lowest BCUT2D eigenvalue weighted by Gasteiger charge is -2.06. The van der Waals surface area contributed by atoms with Gasteiger partial charge in [0.1, 0.15) is 11.6 Å². The number of nitrogens with one attached hydrogen (secondary N) is 2. The molecule has 2 aromatic carbocycles. The highest BCUT2D eigenvalue weighted by Crippen LogP contribution is 2.15. The van der Waals surface area contributed by atoms with Crippen molar-refractivity contribution in [1.29, 1.82) is 5.26 Å². The predicted octanol–water partition coefficient (Wildman–Crippen LogP) is 3.17. The summed E-state index contributed by atoms with van der Waals surface area (Å²) in [5, 5.41) is 14.7. The molecule has 0 aliphatic heterocycles. The van der Waals surface area contributed by atoms with E-state index in [-0.39, 0.29) is 5.57 Å². The summed E-state index contributed by atoms with van der Waals surface area (Å²) in [5.74, 6) is -0.475. The van der Waals surface area contributed by atoms with Crippen molar-refractivity contribution in [2.24, 2.45) is 0 Å². The number of benzene rings is 2. The van der Waals surface area contributed by atoms with Gasteiger partial charge in [0.2, 0.25) is 0 Å². The number of hydrogen-bond donors (Lipinski definition) is 3. The number of amides is 1. The minimum Gasteiger partial charge on any atom is -0.399 e. The van der Waals surface area contributed by atoms with Crippen LogP contribution in [0.1, 0.15) is 5.56 Å². The van der Waals surface area contributed by atoms with Gasteiger partial charge in [-0.2, -0.15) is 5.26 Å². The molecule has 0 aromatic heterocycles. The lowest BCUT2D eigenvalue weighted by Crippen LogP contribution is -2.16. The summed E-state index contributed by atoms with van der Waals surface area (Å²) >= 11 is 3.44. The molecule has 0 saturated heterocycles. The van der Waals surface area contributed by atoms with Crippen LogP contribution in [0.15, 0.2) is 64.8 Å². The Morgan fingerprint density at radius 3 is 2.57 bits per heavy atom. The SMILES string of the molecule is N#C/C(=C/NCc1ccccc1Br)C(=O)Nc1ccc(N)cc1. The third-order valence-corrected chi connectivity index (χ3v) is 3.80. The lowest BCUT2D eigenvalue weighted by atomic mass is 10.2. The van der Waals surface area contributed by atoms with Gasteiger partial charge < -0.3 is 16.4 Å². The van der Waals surface area contributed by atoms with Crippen molar-refractivity contribution >= 4 is 33.2 Å². The molecular formula is C17H15BrN4O. The van der Waals surface area contributed by atoms with Crippen LogP contribution in [0, 0.1) is 11.3 Å². The van der Waals surface area contributed by atoms with Gasteiger partial charge in [0.15, 0.2) is 0 Å². The van der Waals surface area contributed by atoms with Crippen molar-refractivity contribution in [2.75, 3.05) is 11.1 Å². The van der Waals surface area contributed by atoms with Gasteiger partial charge in [0.25, 0.3) is 5.91 Å². The molecule has 0 radical (unpaired) electrons. The van der Waals surface area contributed by atoms with Crippen LogP contribution in [0.2, 0.25) is 0 Å². The van der Waals surface area contributed by atoms with Crippen LogP contribution in [0.4, 0.5) is 11.4 Å². The third kappa shape index (κ3) is 4.87. The van der Waals surface area contributed by atoms with Gasteiger partial charge in [-0.1, -0.05) is 34.1 Å². The van der Waals surface area contributed by atoms with E-state index in [0.717, 1.165) is 10.0 Å². The van der Waals surface area contributed by atoms with E-state index in [2.05, 4.69) is 26.6 Å². The minimum absolute atomic E-state index is 0.00567. The van der Waals surface area contributed by atoms with Crippen LogP contribution >= 0.6 is 15.9 Å². The second kappa shape index (κ2) is 8.01. The van der Waals surface area contributed by atoms with Crippen LogP contribution in [0.5, 0.6) is 0 Å². The Morgan fingerprint density at radius 2 is 1.91 bits per heavy atom. The molecule has 0 saturated carbocycles. The zero-order chi connectivity index (χ0) is 16.7. The quantitative estimate of drug-likeness (QED) is 0.428. The minimum atomic E-state index is -0.475. The van der Waals surface area contributed by atoms with Gasteiger partial charge in [-0.05, 0) is 35.9 Å². The van der Waals surface area contributed by atoms with E-state index in [4.69, 9.17) is 11.0 Å². The molecule has 0 atom stereocenters. The average Bonchev–Trinajstić information content (AvgIpc) is 2.55. The molecule has 5 nitrogen and oxygen atoms in total. The molecule has 116 valence electrons. The number of rotatable bonds is 5. The first-order valence-corrected chi connectivity index (χ1v) is 7.63. The topological polar surface area (TPSA) is 90.9 Å². The molecule has 0 spiro atoms. The lowest BCUT2D eigenvalue weighted by molar-refractivity contribution is -0.112. The number of nitriles is 1. The number of carbonyl (C=O) groups excluding carboxylic acids is 1. The van der Waals surface area contributed by atoms with Crippen LogP contribution < -0.4 is 16.4 Å². The third-order valence-electron chi connectivity index (χ3n) is 3.03. The molecule has 0 heterocycles. The highest BCUT2D eigenvalue weighted by Gasteiger charge is 2.09. The maximum atomic E-state index is 12.1. The van der Waals surface area contributed by atoms with E-state index in [9.17, 15) is 4.79 Å². The Balaban J connectivity index is 1.98. The zero-order valence-corrected chi connectivity index (χ0v) is 13.8. The Morgan fingerprint density at radius 1 is 1.22 bits per heavy atom. The van der Waals surface area contributed by atoms with Crippen molar-refractivity contribution in [3.63, 3.8) is 0 Å². The van der Waals surface area contributed by atoms with E-state index in [0.29, 0.717) is 17.9 Å². The smallest absolute Gasteiger partial charge is 0.267 e. The molecular weight excluding hydrogens is 356 g/mol. The van der Waals surface area contributed by atoms with Gasteiger partial charge in [0.05, 0.1) is 0 Å². The van der Waals surface area contributed by atoms with Crippen molar-refractivity contribution in [3.8, 4) is 6.07 Å². The Bertz CT molecular complexity index is 763. The van der Waals surface area contributed by atoms with E-state index in [1.807, 2.05) is 30.3 Å². The summed E-state index contributed by atoms with van der Waals surface area (Å²) in [6.45, 7) is 0.502. The highest BCUT2D eigenvalue weighted by atomic mass is 79.9. The Hall–Kier alpha value is -2.78. The fraction of sp³-hybridized carbons (Fsp3) is 0.0588. The molecule has 0 fully saturated rings. The molecule has 6 heteroatoms. The predicted molar refractivity (Wildman–Crippen MR) is 94.2 cm³/mol. The Kier molecular flexibility index (Phi) is 5.78. The normalized spacial score (nSPS) is 10.7. The summed E-state index contributed by atoms with van der Waals surface area (Å²) in [7, 11) is 0. The van der Waals surface area contributed by atoms with Gasteiger partial charge in [0, 0.05) is 28.6 Å². The van der Waals surface area contributed by atoms with Crippen molar-refractivity contribution < 1.29 is 4.79 Å². The molecule has 0 unspecified atom stereocenters. The van der Waals surface area contributed by atoms with Gasteiger partial charge in [-0.25, -0.2) is 0 Å². The summed E-state index contributed by atoms with van der Waals surface area (Å²) in [4.78, 5) is 12.1. The second-order valence-corrected chi connectivity index (χ2v) is 5.57. The van der Waals surface area contributed by atoms with Crippen molar-refractivity contribution in [1.82, 2.24) is 5.32 Å². The summed E-state index contributed by atoms with van der Waals surface area (Å²) < 4.78 is 0.964. The zero-order valence-electron chi connectivity index (χ0n) is 12.2. The number of nitrogens with zero attached hydrogens (tertiary/aromatic N) is 1. The monoisotopic (exact) mass is 370 g/mol. The number of nitrogens with two attached hydrogens (primary N) is 1. The van der Waals surface area contributed by atoms with Gasteiger partial charge in [-0.3, -0.25) is 4.79 Å². The molecule has 2 aromatic rings. The first-order chi connectivity index (χ1) is 11.1. The van der Waals surface area contributed by atoms with E-state index < -0.39 is 5.91 Å². The molecule has 0 aliphatic rings. The van der Waals surface area contributed by atoms with Gasteiger partial charge >= 0.3 is 0 Å². The van der Waals surface area contributed by atoms with E-state index in [1.165, 1.54) is 6.20 Å². The summed E-state index contributed by atoms with van der Waals surface area (Å²) in [6, 6.07) is 16.3. The Labute approximate surface area is 142 Å². The van der Waals surface area contributed by atoms with Crippen molar-refractivity contribution in [2.45, 2.75) is 6.54 Å². The fourth-order valence-electron chi connectivity index (χ4n) is 1.82. The van der Waals surface area contributed by atoms with Crippen LogP contribution in [0.25, 0.3) is 0 Å². The molecule has 4 N–H and O–H groups in total. The number of hydrogen-bond acceptors (Lipinski definition) is 4. The second-order valence-electron chi connectivity index (χ2n) is 4.72. The first-order valence-electron chi connectivity index (χ1n) is 6.84. The molecule has 0 aliphatic carbocycles. The fourth-order valence-corrected chi connectivity index (χ4v) is 2.24. The van der Waals surface area contributed by atoms with Gasteiger partial charge in [-0.15, -0.1) is 0 Å². The number of anilines is 2. The number of halogens is 1. The first kappa shape index (κ1) is 16.6. The molecule has 2 rings (SSSR count). The maximum absolute atomic E-state index is 12.1. The largest absolute Gasteiger partial charge is 0.399 e. The molecule has 23 heavy (non-hydrogen) atoms. The van der Waals surface area contributed by atoms with Crippen LogP contribution in [-0.4, -0.2) is 5.91 Å². The summed E-state index contributed by atoms with van der Waals surface area (Å²) in [6.07, 6.45) is 1.41. The standard InChI is InChI=1S/C17H15BrN4O/c18-16-4-2-1-3-12(16)10-21-11-13(9-19)17(23)22-15-7-5-14(20)6-8-15/h1-8,11,21H,10,20H2,(H,22,23)/b13-11-.